The fourth-order valence-corrected chi connectivity index (χ4v) is 3.65. The highest BCUT2D eigenvalue weighted by molar-refractivity contribution is 9.10. The Morgan fingerprint density at radius 3 is 2.39 bits per heavy atom. The van der Waals surface area contributed by atoms with Crippen LogP contribution in [0.3, 0.4) is 0 Å². The minimum Gasteiger partial charge on any atom is -0.381 e. The van der Waals surface area contributed by atoms with E-state index < -0.39 is 40.6 Å². The van der Waals surface area contributed by atoms with Gasteiger partial charge in [-0.2, -0.15) is 13.2 Å². The first-order valence-corrected chi connectivity index (χ1v) is 9.10. The SMILES string of the molecule is O=C1[C@H]2C(c3ccc(Br)cc3)=NO[C@H]2C(=O)N1c1ccc(Cl)c(C(F)(F)F)c1. The molecule has 2 aromatic rings. The zero-order valence-corrected chi connectivity index (χ0v) is 16.0. The number of hydrogen-bond acceptors (Lipinski definition) is 4. The molecule has 0 spiro atoms. The van der Waals surface area contributed by atoms with Crippen molar-refractivity contribution in [3.63, 3.8) is 0 Å². The van der Waals surface area contributed by atoms with Crippen molar-refractivity contribution in [3.8, 4) is 0 Å². The van der Waals surface area contributed by atoms with Crippen LogP contribution in [0.15, 0.2) is 52.1 Å². The number of carbonyl (C=O) groups is 2. The molecule has 2 amide bonds. The van der Waals surface area contributed by atoms with E-state index in [2.05, 4.69) is 21.1 Å². The molecule has 0 saturated carbocycles. The number of hydrogen-bond donors (Lipinski definition) is 0. The first-order valence-electron chi connectivity index (χ1n) is 7.92. The molecular weight excluding hydrogens is 465 g/mol. The number of oxime groups is 1. The Kier molecular flexibility index (Phi) is 4.46. The third-order valence-electron chi connectivity index (χ3n) is 4.47. The number of nitrogens with zero attached hydrogens (tertiary/aromatic N) is 2. The number of rotatable bonds is 2. The van der Waals surface area contributed by atoms with E-state index >= 15 is 0 Å². The molecule has 0 unspecified atom stereocenters. The van der Waals surface area contributed by atoms with Crippen LogP contribution in [0, 0.1) is 5.92 Å². The minimum absolute atomic E-state index is 0.222. The first-order chi connectivity index (χ1) is 13.2. The Hall–Kier alpha value is -2.39. The number of imide groups is 1. The lowest BCUT2D eigenvalue weighted by atomic mass is 9.94. The van der Waals surface area contributed by atoms with E-state index in [0.717, 1.165) is 10.5 Å². The molecule has 2 heterocycles. The Morgan fingerprint density at radius 1 is 1.07 bits per heavy atom. The molecule has 1 saturated heterocycles. The van der Waals surface area contributed by atoms with Crippen LogP contribution in [0.5, 0.6) is 0 Å². The summed E-state index contributed by atoms with van der Waals surface area (Å²) in [7, 11) is 0. The minimum atomic E-state index is -4.73. The van der Waals surface area contributed by atoms with E-state index in [1.807, 2.05) is 0 Å². The summed E-state index contributed by atoms with van der Waals surface area (Å²) in [5, 5.41) is 3.33. The summed E-state index contributed by atoms with van der Waals surface area (Å²) < 4.78 is 40.2. The number of carbonyl (C=O) groups excluding carboxylic acids is 2. The Morgan fingerprint density at radius 2 is 1.75 bits per heavy atom. The molecule has 144 valence electrons. The van der Waals surface area contributed by atoms with Gasteiger partial charge >= 0.3 is 6.18 Å². The second kappa shape index (κ2) is 6.59. The molecule has 28 heavy (non-hydrogen) atoms. The molecule has 2 atom stereocenters. The van der Waals surface area contributed by atoms with Crippen molar-refractivity contribution < 1.29 is 27.6 Å². The molecule has 10 heteroatoms. The number of amides is 2. The van der Waals surface area contributed by atoms with E-state index in [0.29, 0.717) is 16.5 Å². The molecule has 2 aromatic carbocycles. The summed E-state index contributed by atoms with van der Waals surface area (Å²) in [6.07, 6.45) is -5.94. The summed E-state index contributed by atoms with van der Waals surface area (Å²) in [5.74, 6) is -2.51. The second-order valence-corrected chi connectivity index (χ2v) is 7.48. The molecule has 0 radical (unpaired) electrons. The molecule has 0 N–H and O–H groups in total. The van der Waals surface area contributed by atoms with E-state index in [1.54, 1.807) is 24.3 Å². The average Bonchev–Trinajstić information content (AvgIpc) is 3.16. The Bertz CT molecular complexity index is 1020. The van der Waals surface area contributed by atoms with Crippen molar-refractivity contribution in [2.45, 2.75) is 12.3 Å². The van der Waals surface area contributed by atoms with Gasteiger partial charge in [0.15, 0.2) is 0 Å². The van der Waals surface area contributed by atoms with Crippen LogP contribution in [0.25, 0.3) is 0 Å². The van der Waals surface area contributed by atoms with Crippen molar-refractivity contribution in [3.05, 3.63) is 63.1 Å². The number of benzene rings is 2. The van der Waals surface area contributed by atoms with Crippen molar-refractivity contribution in [2.24, 2.45) is 11.1 Å². The summed E-state index contributed by atoms with van der Waals surface area (Å²) in [5.41, 5.74) is -0.527. The van der Waals surface area contributed by atoms with Crippen molar-refractivity contribution in [1.29, 1.82) is 0 Å². The maximum Gasteiger partial charge on any atom is 0.417 e. The molecule has 2 aliphatic rings. The van der Waals surface area contributed by atoms with Crippen LogP contribution >= 0.6 is 27.5 Å². The maximum absolute atomic E-state index is 13.1. The van der Waals surface area contributed by atoms with Crippen LogP contribution in [0.1, 0.15) is 11.1 Å². The molecule has 4 rings (SSSR count). The monoisotopic (exact) mass is 472 g/mol. The lowest BCUT2D eigenvalue weighted by Crippen LogP contribution is -2.33. The topological polar surface area (TPSA) is 59.0 Å². The van der Waals surface area contributed by atoms with E-state index in [4.69, 9.17) is 16.4 Å². The number of fused-ring (bicyclic) bond motifs is 1. The van der Waals surface area contributed by atoms with E-state index in [1.165, 1.54) is 6.07 Å². The van der Waals surface area contributed by atoms with Gasteiger partial charge in [-0.3, -0.25) is 9.59 Å². The van der Waals surface area contributed by atoms with Crippen LogP contribution in [0.2, 0.25) is 5.02 Å². The smallest absolute Gasteiger partial charge is 0.381 e. The summed E-state index contributed by atoms with van der Waals surface area (Å²) >= 11 is 8.91. The number of anilines is 1. The molecule has 0 aliphatic carbocycles. The standard InChI is InChI=1S/C18H9BrClF3N2O3/c19-9-3-1-8(2-4-9)14-13-15(28-24-14)17(27)25(16(13)26)10-5-6-12(20)11(7-10)18(21,22)23/h1-7,13,15H/t13-,15+/m0/s1. The fraction of sp³-hybridized carbons (Fsp3) is 0.167. The number of alkyl halides is 3. The third kappa shape index (κ3) is 2.98. The lowest BCUT2D eigenvalue weighted by molar-refractivity contribution is -0.137. The lowest BCUT2D eigenvalue weighted by Gasteiger charge is -2.18. The van der Waals surface area contributed by atoms with Crippen LogP contribution < -0.4 is 4.90 Å². The Balaban J connectivity index is 1.71. The van der Waals surface area contributed by atoms with Gasteiger partial charge in [-0.25, -0.2) is 4.90 Å². The highest BCUT2D eigenvalue weighted by atomic mass is 79.9. The van der Waals surface area contributed by atoms with E-state index in [-0.39, 0.29) is 11.4 Å². The zero-order chi connectivity index (χ0) is 20.2. The predicted octanol–water partition coefficient (Wildman–Crippen LogP) is 4.41. The van der Waals surface area contributed by atoms with Gasteiger partial charge in [-0.05, 0) is 30.3 Å². The van der Waals surface area contributed by atoms with Crippen molar-refractivity contribution in [2.75, 3.05) is 4.90 Å². The highest BCUT2D eigenvalue weighted by Crippen LogP contribution is 2.40. The molecule has 5 nitrogen and oxygen atoms in total. The highest BCUT2D eigenvalue weighted by Gasteiger charge is 2.56. The molecular formula is C18H9BrClF3N2O3. The van der Waals surface area contributed by atoms with Crippen molar-refractivity contribution >= 4 is 50.7 Å². The van der Waals surface area contributed by atoms with Gasteiger partial charge in [0.05, 0.1) is 16.3 Å². The van der Waals surface area contributed by atoms with Gasteiger partial charge in [0.25, 0.3) is 5.91 Å². The van der Waals surface area contributed by atoms with Gasteiger partial charge in [-0.1, -0.05) is 44.8 Å². The van der Waals surface area contributed by atoms with Gasteiger partial charge in [0.2, 0.25) is 12.0 Å². The normalized spacial score (nSPS) is 21.6. The number of halogens is 5. The zero-order valence-electron chi connectivity index (χ0n) is 13.7. The van der Waals surface area contributed by atoms with Crippen LogP contribution in [-0.2, 0) is 20.6 Å². The predicted molar refractivity (Wildman–Crippen MR) is 98.0 cm³/mol. The van der Waals surface area contributed by atoms with Gasteiger partial charge < -0.3 is 4.84 Å². The quantitative estimate of drug-likeness (QED) is 0.607. The Labute approximate surface area is 169 Å². The van der Waals surface area contributed by atoms with Crippen molar-refractivity contribution in [1.82, 2.24) is 0 Å². The van der Waals surface area contributed by atoms with Gasteiger partial charge in [0, 0.05) is 10.0 Å². The maximum atomic E-state index is 13.1. The molecule has 1 fully saturated rings. The molecule has 2 aliphatic heterocycles. The second-order valence-electron chi connectivity index (χ2n) is 6.16. The summed E-state index contributed by atoms with van der Waals surface area (Å²) in [6.45, 7) is 0. The third-order valence-corrected chi connectivity index (χ3v) is 5.32. The average molecular weight is 474 g/mol. The van der Waals surface area contributed by atoms with Crippen LogP contribution in [-0.4, -0.2) is 23.6 Å². The summed E-state index contributed by atoms with van der Waals surface area (Å²) in [6, 6.07) is 9.72. The van der Waals surface area contributed by atoms with Gasteiger partial charge in [-0.15, -0.1) is 0 Å². The molecule has 0 aromatic heterocycles. The van der Waals surface area contributed by atoms with E-state index in [9.17, 15) is 22.8 Å². The van der Waals surface area contributed by atoms with Gasteiger partial charge in [0.1, 0.15) is 11.6 Å². The molecule has 0 bridgehead atoms. The fourth-order valence-electron chi connectivity index (χ4n) is 3.16. The largest absolute Gasteiger partial charge is 0.417 e. The first kappa shape index (κ1) is 18.9. The summed E-state index contributed by atoms with van der Waals surface area (Å²) in [4.78, 5) is 31.4. The van der Waals surface area contributed by atoms with Crippen LogP contribution in [0.4, 0.5) is 18.9 Å².